The normalized spacial score (nSPS) is 32.5. The molecule has 2 bridgehead atoms. The third-order valence-corrected chi connectivity index (χ3v) is 4.37. The van der Waals surface area contributed by atoms with Crippen molar-refractivity contribution >= 4 is 18.0 Å². The van der Waals surface area contributed by atoms with Gasteiger partial charge in [0.2, 0.25) is 0 Å². The number of phenolic OH excluding ortho intramolecular Hbond substituents is 2. The van der Waals surface area contributed by atoms with Gasteiger partial charge in [0, 0.05) is 12.5 Å². The lowest BCUT2D eigenvalue weighted by Gasteiger charge is -2.33. The van der Waals surface area contributed by atoms with Gasteiger partial charge in [-0.25, -0.2) is 9.59 Å². The first kappa shape index (κ1) is 19.1. The van der Waals surface area contributed by atoms with Crippen LogP contribution >= 0.6 is 0 Å². The second kappa shape index (κ2) is 7.16. The molecule has 0 saturated carbocycles. The standard InChI is InChI=1S/C17H18O10/c18-9-3-1-8(5-10(9)19)2-4-13(21)25-7-12-15-14(22)11(20)6-17(26-12,27-15)16(23)24/h1-5,11-12,14-15,18-20,22H,6-7H2,(H,23,24). The number of hydrogen-bond acceptors (Lipinski definition) is 9. The van der Waals surface area contributed by atoms with Gasteiger partial charge >= 0.3 is 11.9 Å². The molecule has 1 aromatic carbocycles. The van der Waals surface area contributed by atoms with E-state index in [0.29, 0.717) is 5.56 Å². The van der Waals surface area contributed by atoms with Gasteiger partial charge in [-0.1, -0.05) is 6.07 Å². The van der Waals surface area contributed by atoms with E-state index in [9.17, 15) is 35.1 Å². The topological polar surface area (TPSA) is 163 Å². The minimum absolute atomic E-state index is 0.299. The smallest absolute Gasteiger partial charge is 0.364 e. The third kappa shape index (κ3) is 3.74. The molecule has 27 heavy (non-hydrogen) atoms. The Bertz CT molecular complexity index is 775. The second-order valence-corrected chi connectivity index (χ2v) is 6.27. The first-order valence-corrected chi connectivity index (χ1v) is 8.04. The van der Waals surface area contributed by atoms with Gasteiger partial charge in [-0.2, -0.15) is 0 Å². The van der Waals surface area contributed by atoms with Gasteiger partial charge in [0.25, 0.3) is 5.79 Å². The van der Waals surface area contributed by atoms with Crippen LogP contribution < -0.4 is 0 Å². The molecule has 10 nitrogen and oxygen atoms in total. The number of ether oxygens (including phenoxy) is 3. The molecule has 2 heterocycles. The number of phenols is 2. The average Bonchev–Trinajstić information content (AvgIpc) is 2.95. The van der Waals surface area contributed by atoms with Crippen LogP contribution in [-0.4, -0.2) is 74.3 Å². The molecule has 2 saturated heterocycles. The van der Waals surface area contributed by atoms with E-state index in [-0.39, 0.29) is 11.5 Å². The number of carbonyl (C=O) groups is 2. The Hall–Kier alpha value is -2.66. The number of hydrogen-bond donors (Lipinski definition) is 5. The van der Waals surface area contributed by atoms with E-state index in [0.717, 1.165) is 6.08 Å². The zero-order valence-electron chi connectivity index (χ0n) is 13.9. The summed E-state index contributed by atoms with van der Waals surface area (Å²) >= 11 is 0. The lowest BCUT2D eigenvalue weighted by Crippen LogP contribution is -2.53. The minimum Gasteiger partial charge on any atom is -0.504 e. The van der Waals surface area contributed by atoms with Crippen molar-refractivity contribution in [2.45, 2.75) is 36.6 Å². The lowest BCUT2D eigenvalue weighted by atomic mass is 9.96. The highest BCUT2D eigenvalue weighted by Gasteiger charge is 2.61. The molecule has 146 valence electrons. The molecule has 3 rings (SSSR count). The summed E-state index contributed by atoms with van der Waals surface area (Å²) in [5.41, 5.74) is 0.432. The van der Waals surface area contributed by atoms with E-state index in [1.165, 1.54) is 24.3 Å². The molecule has 0 aromatic heterocycles. The number of carbonyl (C=O) groups excluding carboxylic acids is 1. The van der Waals surface area contributed by atoms with Gasteiger partial charge < -0.3 is 39.7 Å². The van der Waals surface area contributed by atoms with Crippen LogP contribution in [0.4, 0.5) is 0 Å². The molecule has 2 aliphatic rings. The van der Waals surface area contributed by atoms with Gasteiger partial charge in [0.1, 0.15) is 24.9 Å². The van der Waals surface area contributed by atoms with E-state index in [4.69, 9.17) is 14.2 Å². The van der Waals surface area contributed by atoms with Crippen LogP contribution in [0.25, 0.3) is 6.08 Å². The Morgan fingerprint density at radius 2 is 1.96 bits per heavy atom. The van der Waals surface area contributed by atoms with Crippen LogP contribution in [0.3, 0.4) is 0 Å². The van der Waals surface area contributed by atoms with Gasteiger partial charge in [-0.15, -0.1) is 0 Å². The summed E-state index contributed by atoms with van der Waals surface area (Å²) in [7, 11) is 0. The van der Waals surface area contributed by atoms with E-state index in [1.807, 2.05) is 0 Å². The monoisotopic (exact) mass is 382 g/mol. The zero-order valence-corrected chi connectivity index (χ0v) is 13.9. The van der Waals surface area contributed by atoms with Gasteiger partial charge in [0.15, 0.2) is 11.5 Å². The fourth-order valence-corrected chi connectivity index (χ4v) is 2.97. The van der Waals surface area contributed by atoms with Crippen molar-refractivity contribution in [3.8, 4) is 11.5 Å². The van der Waals surface area contributed by atoms with Crippen molar-refractivity contribution in [3.63, 3.8) is 0 Å². The predicted molar refractivity (Wildman–Crippen MR) is 86.5 cm³/mol. The maximum atomic E-state index is 11.8. The molecule has 0 amide bonds. The maximum absolute atomic E-state index is 11.8. The van der Waals surface area contributed by atoms with Crippen LogP contribution in [-0.2, 0) is 23.8 Å². The van der Waals surface area contributed by atoms with Crippen molar-refractivity contribution in [1.29, 1.82) is 0 Å². The highest BCUT2D eigenvalue weighted by Crippen LogP contribution is 2.40. The highest BCUT2D eigenvalue weighted by molar-refractivity contribution is 5.87. The predicted octanol–water partition coefficient (Wildman–Crippen LogP) is -0.655. The summed E-state index contributed by atoms with van der Waals surface area (Å²) in [6.45, 7) is -0.395. The third-order valence-electron chi connectivity index (χ3n) is 4.37. The first-order chi connectivity index (χ1) is 12.7. The van der Waals surface area contributed by atoms with Crippen molar-refractivity contribution in [2.75, 3.05) is 6.61 Å². The number of aromatic hydroxyl groups is 2. The molecule has 1 aromatic rings. The molecule has 5 N–H and O–H groups in total. The van der Waals surface area contributed by atoms with Crippen LogP contribution in [0.15, 0.2) is 24.3 Å². The largest absolute Gasteiger partial charge is 0.504 e. The van der Waals surface area contributed by atoms with E-state index in [2.05, 4.69) is 0 Å². The Morgan fingerprint density at radius 1 is 1.22 bits per heavy atom. The number of aliphatic hydroxyl groups excluding tert-OH is 2. The number of esters is 1. The van der Waals surface area contributed by atoms with Crippen LogP contribution in [0, 0.1) is 0 Å². The first-order valence-electron chi connectivity index (χ1n) is 8.04. The molecule has 0 spiro atoms. The van der Waals surface area contributed by atoms with Crippen molar-refractivity contribution < 1.29 is 49.3 Å². The zero-order chi connectivity index (χ0) is 19.8. The minimum atomic E-state index is -2.08. The molecule has 2 fully saturated rings. The average molecular weight is 382 g/mol. The summed E-state index contributed by atoms with van der Waals surface area (Å²) in [5, 5.41) is 47.6. The van der Waals surface area contributed by atoms with Gasteiger partial charge in [-0.3, -0.25) is 0 Å². The summed E-state index contributed by atoms with van der Waals surface area (Å²) in [6.07, 6.45) is -3.00. The van der Waals surface area contributed by atoms with Crippen LogP contribution in [0.1, 0.15) is 12.0 Å². The molecular formula is C17H18O10. The highest BCUT2D eigenvalue weighted by atomic mass is 16.8. The molecule has 5 unspecified atom stereocenters. The Balaban J connectivity index is 1.61. The maximum Gasteiger partial charge on any atom is 0.364 e. The van der Waals surface area contributed by atoms with Gasteiger partial charge in [0.05, 0.1) is 6.10 Å². The molecular weight excluding hydrogens is 364 g/mol. The summed E-state index contributed by atoms with van der Waals surface area (Å²) in [5.74, 6) is -4.96. The molecule has 5 atom stereocenters. The number of carboxylic acid groups (broad SMARTS) is 1. The summed E-state index contributed by atoms with van der Waals surface area (Å²) < 4.78 is 15.5. The quantitative estimate of drug-likeness (QED) is 0.251. The molecule has 0 radical (unpaired) electrons. The molecule has 2 aliphatic heterocycles. The summed E-state index contributed by atoms with van der Waals surface area (Å²) in [4.78, 5) is 23.2. The Labute approximate surface area is 152 Å². The molecule has 10 heteroatoms. The number of fused-ring (bicyclic) bond motifs is 2. The number of aliphatic carboxylic acids is 1. The number of aliphatic hydroxyl groups is 2. The number of carboxylic acids is 1. The Kier molecular flexibility index (Phi) is 5.07. The van der Waals surface area contributed by atoms with Crippen molar-refractivity contribution in [3.05, 3.63) is 29.8 Å². The van der Waals surface area contributed by atoms with Crippen molar-refractivity contribution in [1.82, 2.24) is 0 Å². The second-order valence-electron chi connectivity index (χ2n) is 6.27. The molecule has 0 aliphatic carbocycles. The fourth-order valence-electron chi connectivity index (χ4n) is 2.97. The van der Waals surface area contributed by atoms with E-state index >= 15 is 0 Å². The van der Waals surface area contributed by atoms with Crippen LogP contribution in [0.5, 0.6) is 11.5 Å². The lowest BCUT2D eigenvalue weighted by molar-refractivity contribution is -0.244. The van der Waals surface area contributed by atoms with E-state index < -0.39 is 55.2 Å². The summed E-state index contributed by atoms with van der Waals surface area (Å²) in [6, 6.07) is 3.96. The van der Waals surface area contributed by atoms with Gasteiger partial charge in [-0.05, 0) is 23.8 Å². The van der Waals surface area contributed by atoms with Crippen LogP contribution in [0.2, 0.25) is 0 Å². The van der Waals surface area contributed by atoms with E-state index in [1.54, 1.807) is 0 Å². The number of rotatable bonds is 5. The fraction of sp³-hybridized carbons (Fsp3) is 0.412. The van der Waals surface area contributed by atoms with Crippen molar-refractivity contribution in [2.24, 2.45) is 0 Å². The number of benzene rings is 1. The Morgan fingerprint density at radius 3 is 2.63 bits per heavy atom. The SMILES string of the molecule is O=C(C=Cc1ccc(O)c(O)c1)OCC1OC2(C(=O)O)CC(O)C(O)C1O2.